The molecule has 0 aliphatic rings. The Morgan fingerprint density at radius 2 is 2.25 bits per heavy atom. The van der Waals surface area contributed by atoms with Gasteiger partial charge in [0.1, 0.15) is 0 Å². The average molecular weight is 227 g/mol. The SMILES string of the molecule is Cc1ccn([Se]n2cccn2)n1. The van der Waals surface area contributed by atoms with E-state index in [1.807, 2.05) is 38.8 Å². The molecule has 0 saturated carbocycles. The van der Waals surface area contributed by atoms with Crippen molar-refractivity contribution >= 4 is 15.4 Å². The number of nitrogens with zero attached hydrogens (tertiary/aromatic N) is 4. The molecule has 0 atom stereocenters. The van der Waals surface area contributed by atoms with Crippen LogP contribution in [-0.4, -0.2) is 33.0 Å². The maximum atomic E-state index is 4.27. The number of hydrogen-bond donors (Lipinski definition) is 0. The predicted molar refractivity (Wildman–Crippen MR) is 45.7 cm³/mol. The van der Waals surface area contributed by atoms with Crippen molar-refractivity contribution in [1.29, 1.82) is 0 Å². The summed E-state index contributed by atoms with van der Waals surface area (Å²) in [7, 11) is 0. The van der Waals surface area contributed by atoms with Crippen molar-refractivity contribution < 1.29 is 0 Å². The van der Waals surface area contributed by atoms with E-state index in [0.717, 1.165) is 5.69 Å². The van der Waals surface area contributed by atoms with Crippen LogP contribution in [0.1, 0.15) is 5.69 Å². The molecule has 0 unspecified atom stereocenters. The first-order chi connectivity index (χ1) is 5.84. The monoisotopic (exact) mass is 228 g/mol. The second-order valence-corrected chi connectivity index (χ2v) is 4.26. The third-order valence-electron chi connectivity index (χ3n) is 1.35. The van der Waals surface area contributed by atoms with Crippen molar-refractivity contribution in [3.05, 3.63) is 36.4 Å². The van der Waals surface area contributed by atoms with E-state index in [2.05, 4.69) is 10.2 Å². The molecule has 0 fully saturated rings. The molecule has 0 radical (unpaired) electrons. The zero-order chi connectivity index (χ0) is 8.39. The molecule has 0 aliphatic heterocycles. The van der Waals surface area contributed by atoms with Gasteiger partial charge in [0.15, 0.2) is 0 Å². The van der Waals surface area contributed by atoms with Crippen molar-refractivity contribution in [2.75, 3.05) is 0 Å². The molecule has 0 saturated heterocycles. The number of hydrogen-bond acceptors (Lipinski definition) is 2. The van der Waals surface area contributed by atoms with Crippen LogP contribution in [0.25, 0.3) is 0 Å². The Morgan fingerprint density at radius 3 is 2.83 bits per heavy atom. The first kappa shape index (κ1) is 7.58. The second-order valence-electron chi connectivity index (χ2n) is 2.35. The van der Waals surface area contributed by atoms with Crippen LogP contribution < -0.4 is 0 Å². The van der Waals surface area contributed by atoms with Gasteiger partial charge in [-0.05, 0) is 0 Å². The molecule has 2 rings (SSSR count). The summed E-state index contributed by atoms with van der Waals surface area (Å²) >= 11 is 0.123. The van der Waals surface area contributed by atoms with Crippen molar-refractivity contribution in [1.82, 2.24) is 17.6 Å². The van der Waals surface area contributed by atoms with E-state index >= 15 is 0 Å². The van der Waals surface area contributed by atoms with Gasteiger partial charge >= 0.3 is 76.3 Å². The topological polar surface area (TPSA) is 35.6 Å². The van der Waals surface area contributed by atoms with Crippen LogP contribution in [0.4, 0.5) is 0 Å². The molecule has 0 spiro atoms. The summed E-state index contributed by atoms with van der Waals surface area (Å²) in [6.07, 6.45) is 5.69. The molecule has 0 amide bonds. The summed E-state index contributed by atoms with van der Waals surface area (Å²) in [6.45, 7) is 1.98. The Morgan fingerprint density at radius 1 is 1.33 bits per heavy atom. The number of aryl methyl sites for hydroxylation is 1. The van der Waals surface area contributed by atoms with Crippen LogP contribution in [0.5, 0.6) is 0 Å². The molecule has 0 aromatic carbocycles. The van der Waals surface area contributed by atoms with Gasteiger partial charge in [0, 0.05) is 0 Å². The quantitative estimate of drug-likeness (QED) is 0.692. The predicted octanol–water partition coefficient (Wildman–Crippen LogP) is 0.319. The summed E-state index contributed by atoms with van der Waals surface area (Å²) in [5.74, 6) is 0. The van der Waals surface area contributed by atoms with Crippen LogP contribution in [0.15, 0.2) is 30.7 Å². The third kappa shape index (κ3) is 1.57. The molecule has 12 heavy (non-hydrogen) atoms. The minimum atomic E-state index is 0.123. The molecule has 62 valence electrons. The van der Waals surface area contributed by atoms with Crippen LogP contribution in [-0.2, 0) is 0 Å². The summed E-state index contributed by atoms with van der Waals surface area (Å²) in [5.41, 5.74) is 1.05. The van der Waals surface area contributed by atoms with E-state index in [4.69, 9.17) is 0 Å². The van der Waals surface area contributed by atoms with Crippen molar-refractivity contribution in [3.63, 3.8) is 0 Å². The summed E-state index contributed by atoms with van der Waals surface area (Å²) < 4.78 is 3.80. The molecular formula is C7H8N4Se. The molecule has 0 aliphatic carbocycles. The van der Waals surface area contributed by atoms with Gasteiger partial charge in [-0.1, -0.05) is 0 Å². The Balaban J connectivity index is 2.14. The second kappa shape index (κ2) is 3.13. The standard InChI is InChI=1S/C7H8N4Se/c1-7-3-6-11(9-7)12-10-5-2-4-8-10/h2-6H,1H3. The van der Waals surface area contributed by atoms with Gasteiger partial charge in [0.05, 0.1) is 0 Å². The molecule has 0 bridgehead atoms. The van der Waals surface area contributed by atoms with Gasteiger partial charge in [-0.15, -0.1) is 0 Å². The van der Waals surface area contributed by atoms with Gasteiger partial charge in [-0.25, -0.2) is 0 Å². The Hall–Kier alpha value is -1.06. The number of aromatic nitrogens is 4. The fourth-order valence-electron chi connectivity index (χ4n) is 0.828. The molecule has 2 aromatic rings. The summed E-state index contributed by atoms with van der Waals surface area (Å²) in [5, 5.41) is 8.37. The van der Waals surface area contributed by atoms with E-state index in [9.17, 15) is 0 Å². The van der Waals surface area contributed by atoms with Gasteiger partial charge in [0.25, 0.3) is 0 Å². The first-order valence-corrected chi connectivity index (χ1v) is 5.08. The molecule has 2 aromatic heterocycles. The van der Waals surface area contributed by atoms with Crippen molar-refractivity contribution in [3.8, 4) is 0 Å². The van der Waals surface area contributed by atoms with E-state index in [-0.39, 0.29) is 15.4 Å². The normalized spacial score (nSPS) is 10.4. The molecule has 2 heterocycles. The van der Waals surface area contributed by atoms with E-state index in [1.54, 1.807) is 6.20 Å². The van der Waals surface area contributed by atoms with Gasteiger partial charge in [-0.3, -0.25) is 0 Å². The van der Waals surface area contributed by atoms with Gasteiger partial charge < -0.3 is 0 Å². The maximum absolute atomic E-state index is 4.27. The molecular weight excluding hydrogens is 219 g/mol. The molecule has 0 N–H and O–H groups in total. The molecule has 5 heteroatoms. The van der Waals surface area contributed by atoms with Crippen LogP contribution in [0, 0.1) is 6.92 Å². The van der Waals surface area contributed by atoms with Crippen LogP contribution in [0.3, 0.4) is 0 Å². The van der Waals surface area contributed by atoms with Crippen molar-refractivity contribution in [2.45, 2.75) is 6.92 Å². The fourth-order valence-corrected chi connectivity index (χ4v) is 2.24. The Kier molecular flexibility index (Phi) is 1.98. The zero-order valence-corrected chi connectivity index (χ0v) is 8.30. The van der Waals surface area contributed by atoms with Gasteiger partial charge in [0.2, 0.25) is 0 Å². The van der Waals surface area contributed by atoms with E-state index in [1.165, 1.54) is 0 Å². The first-order valence-electron chi connectivity index (χ1n) is 3.55. The Bertz CT molecular complexity index is 351. The van der Waals surface area contributed by atoms with Gasteiger partial charge in [-0.2, -0.15) is 0 Å². The van der Waals surface area contributed by atoms with Crippen LogP contribution >= 0.6 is 0 Å². The minimum absolute atomic E-state index is 0.123. The average Bonchev–Trinajstić information content (AvgIpc) is 2.63. The summed E-state index contributed by atoms with van der Waals surface area (Å²) in [4.78, 5) is 0. The Labute approximate surface area is 76.8 Å². The third-order valence-corrected chi connectivity index (χ3v) is 2.93. The van der Waals surface area contributed by atoms with E-state index < -0.39 is 0 Å². The fraction of sp³-hybridized carbons (Fsp3) is 0.143. The zero-order valence-electron chi connectivity index (χ0n) is 6.58. The molecule has 4 nitrogen and oxygen atoms in total. The van der Waals surface area contributed by atoms with Crippen LogP contribution in [0.2, 0.25) is 0 Å². The van der Waals surface area contributed by atoms with Crippen molar-refractivity contribution in [2.24, 2.45) is 0 Å². The number of rotatable bonds is 2. The van der Waals surface area contributed by atoms with E-state index in [0.29, 0.717) is 0 Å². The summed E-state index contributed by atoms with van der Waals surface area (Å²) in [6, 6.07) is 3.91.